The molecule has 0 atom stereocenters. The maximum absolute atomic E-state index is 12.9. The summed E-state index contributed by atoms with van der Waals surface area (Å²) in [5.41, 5.74) is -0.274. The van der Waals surface area contributed by atoms with Crippen LogP contribution in [0, 0.1) is 0 Å². The molecular weight excluding hydrogens is 649 g/mol. The normalized spacial score (nSPS) is 11.9. The first-order valence-corrected chi connectivity index (χ1v) is 21.5. The Morgan fingerprint density at radius 2 is 0.860 bits per heavy atom. The molecule has 0 amide bonds. The molecule has 0 aliphatic heterocycles. The molecule has 0 aliphatic rings. The Hall–Kier alpha value is -2.45. The topological polar surface area (TPSA) is 107 Å². The lowest BCUT2D eigenvalue weighted by molar-refractivity contribution is 0.0450. The monoisotopic (exact) mass is 718 g/mol. The molecule has 0 radical (unpaired) electrons. The lowest BCUT2D eigenvalue weighted by atomic mass is 10.0. The molecule has 1 aromatic carbocycles. The van der Waals surface area contributed by atoms with Gasteiger partial charge in [-0.15, -0.1) is 0 Å². The molecule has 0 heterocycles. The van der Waals surface area contributed by atoms with Crippen LogP contribution in [0.1, 0.15) is 202 Å². The number of esters is 2. The molecule has 1 aromatic rings. The van der Waals surface area contributed by atoms with Crippen molar-refractivity contribution in [1.82, 2.24) is 0 Å². The van der Waals surface area contributed by atoms with Gasteiger partial charge in [0.1, 0.15) is 0 Å². The van der Waals surface area contributed by atoms with E-state index in [-0.39, 0.29) is 24.3 Å². The van der Waals surface area contributed by atoms with Gasteiger partial charge in [0.15, 0.2) is 0 Å². The number of carbonyl (C=O) groups excluding carboxylic acids is 2. The minimum absolute atomic E-state index is 0.0619. The Kier molecular flexibility index (Phi) is 28.5. The molecule has 7 nitrogen and oxygen atoms in total. The van der Waals surface area contributed by atoms with Crippen LogP contribution in [-0.2, 0) is 19.6 Å². The van der Waals surface area contributed by atoms with Crippen LogP contribution in [0.25, 0.3) is 0 Å². The molecule has 1 N–H and O–H groups in total. The zero-order valence-electron chi connectivity index (χ0n) is 31.6. The van der Waals surface area contributed by atoms with Gasteiger partial charge in [0, 0.05) is 0 Å². The minimum Gasteiger partial charge on any atom is -0.462 e. The van der Waals surface area contributed by atoms with Gasteiger partial charge in [-0.05, 0) is 69.6 Å². The number of rotatable bonds is 33. The largest absolute Gasteiger partial charge is 0.462 e. The molecule has 0 aromatic heterocycles. The number of allylic oxidation sites excluding steroid dienone is 4. The molecule has 50 heavy (non-hydrogen) atoms. The van der Waals surface area contributed by atoms with E-state index in [2.05, 4.69) is 38.2 Å². The van der Waals surface area contributed by atoms with Crippen molar-refractivity contribution < 1.29 is 32.0 Å². The zero-order valence-corrected chi connectivity index (χ0v) is 32.5. The summed E-state index contributed by atoms with van der Waals surface area (Å²) in [6, 6.07) is 3.29. The van der Waals surface area contributed by atoms with Gasteiger partial charge >= 0.3 is 11.9 Å². The highest BCUT2D eigenvalue weighted by molar-refractivity contribution is 7.85. The van der Waals surface area contributed by atoms with Crippen LogP contribution in [0.5, 0.6) is 0 Å². The molecular formula is C42H70O7S. The molecule has 0 unspecified atom stereocenters. The van der Waals surface area contributed by atoms with E-state index in [9.17, 15) is 22.6 Å². The molecule has 0 saturated carbocycles. The van der Waals surface area contributed by atoms with Gasteiger partial charge in [-0.1, -0.05) is 154 Å². The van der Waals surface area contributed by atoms with E-state index in [1.165, 1.54) is 115 Å². The summed E-state index contributed by atoms with van der Waals surface area (Å²) in [7, 11) is -4.56. The van der Waals surface area contributed by atoms with Crippen LogP contribution in [0.3, 0.4) is 0 Å². The van der Waals surface area contributed by atoms with Gasteiger partial charge in [0.05, 0.1) is 29.2 Å². The molecule has 286 valence electrons. The summed E-state index contributed by atoms with van der Waals surface area (Å²) in [5.74, 6) is -1.50. The Morgan fingerprint density at radius 1 is 0.520 bits per heavy atom. The number of carbonyl (C=O) groups is 2. The van der Waals surface area contributed by atoms with Crippen molar-refractivity contribution in [2.45, 2.75) is 186 Å². The van der Waals surface area contributed by atoms with E-state index >= 15 is 0 Å². The van der Waals surface area contributed by atoms with Gasteiger partial charge < -0.3 is 9.47 Å². The molecule has 1 rings (SSSR count). The standard InChI is InChI=1S/C42H70O7S/c1-3-5-7-9-11-13-15-17-19-21-23-25-27-29-31-35-48-41(43)39-34-33-38(50(45,46)47)37-40(39)42(44)49-36-32-30-28-26-24-22-20-18-16-14-12-10-8-6-4-2/h5-8,33-34,37H,3-4,9-32,35-36H2,1-2H3,(H,45,46,47)/b7-5+,8-6+. The minimum atomic E-state index is -4.56. The van der Waals surface area contributed by atoms with Crippen molar-refractivity contribution in [3.63, 3.8) is 0 Å². The summed E-state index contributed by atoms with van der Waals surface area (Å²) in [4.78, 5) is 25.3. The summed E-state index contributed by atoms with van der Waals surface area (Å²) in [5, 5.41) is 0. The van der Waals surface area contributed by atoms with Crippen LogP contribution in [0.2, 0.25) is 0 Å². The van der Waals surface area contributed by atoms with Crippen LogP contribution in [0.4, 0.5) is 0 Å². The third-order valence-corrected chi connectivity index (χ3v) is 9.88. The zero-order chi connectivity index (χ0) is 36.5. The number of hydrogen-bond donors (Lipinski definition) is 1. The number of hydrogen-bond acceptors (Lipinski definition) is 6. The predicted molar refractivity (Wildman–Crippen MR) is 206 cm³/mol. The lowest BCUT2D eigenvalue weighted by Crippen LogP contribution is -2.16. The summed E-state index contributed by atoms with van der Waals surface area (Å²) < 4.78 is 43.8. The van der Waals surface area contributed by atoms with Crippen molar-refractivity contribution in [3.05, 3.63) is 53.6 Å². The SMILES string of the molecule is CC/C=C/CCCCCCCCCCCCCOC(=O)c1ccc(S(=O)(=O)O)cc1C(=O)OCCCCCCCCCCCCC/C=C/CC. The fraction of sp³-hybridized carbons (Fsp3) is 0.714. The van der Waals surface area contributed by atoms with Crippen LogP contribution in [-0.4, -0.2) is 38.1 Å². The Bertz CT molecular complexity index is 1170. The van der Waals surface area contributed by atoms with Crippen molar-refractivity contribution >= 4 is 22.1 Å². The van der Waals surface area contributed by atoms with E-state index in [0.717, 1.165) is 63.5 Å². The van der Waals surface area contributed by atoms with E-state index in [0.29, 0.717) is 6.42 Å². The molecule has 0 aliphatic carbocycles. The fourth-order valence-electron chi connectivity index (χ4n) is 6.00. The molecule has 0 saturated heterocycles. The summed E-state index contributed by atoms with van der Waals surface area (Å²) >= 11 is 0. The van der Waals surface area contributed by atoms with Crippen molar-refractivity contribution in [1.29, 1.82) is 0 Å². The second-order valence-electron chi connectivity index (χ2n) is 13.6. The van der Waals surface area contributed by atoms with E-state index in [1.807, 2.05) is 0 Å². The van der Waals surface area contributed by atoms with Crippen LogP contribution >= 0.6 is 0 Å². The summed E-state index contributed by atoms with van der Waals surface area (Å²) in [6.45, 7) is 4.73. The number of unbranched alkanes of at least 4 members (excludes halogenated alkanes) is 22. The van der Waals surface area contributed by atoms with Gasteiger partial charge in [-0.25, -0.2) is 9.59 Å². The first kappa shape index (κ1) is 45.6. The van der Waals surface area contributed by atoms with E-state index < -0.39 is 27.0 Å². The van der Waals surface area contributed by atoms with Crippen molar-refractivity contribution in [2.24, 2.45) is 0 Å². The third kappa shape index (κ3) is 24.7. The Labute approximate surface area is 305 Å². The maximum atomic E-state index is 12.9. The Morgan fingerprint density at radius 3 is 1.22 bits per heavy atom. The highest BCUT2D eigenvalue weighted by Gasteiger charge is 2.23. The highest BCUT2D eigenvalue weighted by Crippen LogP contribution is 2.20. The third-order valence-electron chi connectivity index (χ3n) is 9.03. The number of benzene rings is 1. The molecule has 0 bridgehead atoms. The maximum Gasteiger partial charge on any atom is 0.339 e. The van der Waals surface area contributed by atoms with Gasteiger partial charge in [-0.3, -0.25) is 4.55 Å². The molecule has 0 fully saturated rings. The average Bonchev–Trinajstić information content (AvgIpc) is 3.10. The first-order chi connectivity index (χ1) is 24.3. The lowest BCUT2D eigenvalue weighted by Gasteiger charge is -2.11. The first-order valence-electron chi connectivity index (χ1n) is 20.1. The fourth-order valence-corrected chi connectivity index (χ4v) is 6.50. The smallest absolute Gasteiger partial charge is 0.339 e. The molecule has 0 spiro atoms. The highest BCUT2D eigenvalue weighted by atomic mass is 32.2. The average molecular weight is 719 g/mol. The van der Waals surface area contributed by atoms with Gasteiger partial charge in [0.25, 0.3) is 10.1 Å². The molecule has 8 heteroatoms. The quantitative estimate of drug-likeness (QED) is 0.0333. The second kappa shape index (κ2) is 31.3. The van der Waals surface area contributed by atoms with Crippen molar-refractivity contribution in [3.8, 4) is 0 Å². The Balaban J connectivity index is 2.26. The predicted octanol–water partition coefficient (Wildman–Crippen LogP) is 12.5. The van der Waals surface area contributed by atoms with Gasteiger partial charge in [0.2, 0.25) is 0 Å². The van der Waals surface area contributed by atoms with Gasteiger partial charge in [-0.2, -0.15) is 8.42 Å². The number of ether oxygens (including phenoxy) is 2. The summed E-state index contributed by atoms with van der Waals surface area (Å²) in [6.07, 6.45) is 39.5. The van der Waals surface area contributed by atoms with Crippen LogP contribution < -0.4 is 0 Å². The van der Waals surface area contributed by atoms with Crippen LogP contribution in [0.15, 0.2) is 47.4 Å². The second-order valence-corrected chi connectivity index (χ2v) is 15.0. The van der Waals surface area contributed by atoms with E-state index in [4.69, 9.17) is 9.47 Å². The van der Waals surface area contributed by atoms with Crippen molar-refractivity contribution in [2.75, 3.05) is 13.2 Å². The van der Waals surface area contributed by atoms with E-state index in [1.54, 1.807) is 0 Å².